The van der Waals surface area contributed by atoms with Crippen LogP contribution in [0.3, 0.4) is 0 Å². The number of hydrogen-bond donors (Lipinski definition) is 3. The monoisotopic (exact) mass is 324 g/mol. The van der Waals surface area contributed by atoms with Crippen LogP contribution in [0, 0.1) is 6.92 Å². The lowest BCUT2D eigenvalue weighted by Gasteiger charge is -2.34. The normalized spacial score (nSPS) is 28.7. The van der Waals surface area contributed by atoms with E-state index < -0.39 is 23.7 Å². The van der Waals surface area contributed by atoms with Crippen LogP contribution in [0.4, 0.5) is 0 Å². The van der Waals surface area contributed by atoms with Crippen LogP contribution in [0.1, 0.15) is 5.76 Å². The molecule has 1 aromatic carbocycles. The summed E-state index contributed by atoms with van der Waals surface area (Å²) in [5.41, 5.74) is -0.429. The Bertz CT molecular complexity index is 742. The van der Waals surface area contributed by atoms with Crippen LogP contribution in [-0.4, -0.2) is 44.8 Å². The minimum Gasteiger partial charge on any atom is -0.477 e. The van der Waals surface area contributed by atoms with Crippen molar-refractivity contribution >= 4 is 22.7 Å². The number of ether oxygens (including phenoxy) is 1. The highest BCUT2D eigenvalue weighted by atomic mass is 32.2. The summed E-state index contributed by atoms with van der Waals surface area (Å²) in [4.78, 5) is 11.8. The SMILES string of the molecule is Cc1cc(=O)c2ccc(O[C@@H]3SC[C@@H](O)[C@H](O)[C@H]3O)cc2o1. The molecule has 3 N–H and O–H groups in total. The van der Waals surface area contributed by atoms with Crippen molar-refractivity contribution in [1.29, 1.82) is 0 Å². The van der Waals surface area contributed by atoms with Gasteiger partial charge in [-0.1, -0.05) is 0 Å². The Morgan fingerprint density at radius 3 is 2.77 bits per heavy atom. The van der Waals surface area contributed by atoms with Crippen LogP contribution in [-0.2, 0) is 0 Å². The molecule has 2 aromatic rings. The quantitative estimate of drug-likeness (QED) is 0.745. The highest BCUT2D eigenvalue weighted by Gasteiger charge is 2.38. The molecule has 0 unspecified atom stereocenters. The van der Waals surface area contributed by atoms with Crippen LogP contribution in [0.15, 0.2) is 33.5 Å². The van der Waals surface area contributed by atoms with Gasteiger partial charge in [-0.25, -0.2) is 0 Å². The molecule has 0 radical (unpaired) electrons. The van der Waals surface area contributed by atoms with E-state index >= 15 is 0 Å². The maximum Gasteiger partial charge on any atom is 0.192 e. The predicted octanol–water partition coefficient (Wildman–Crippen LogP) is 0.636. The zero-order valence-electron chi connectivity index (χ0n) is 11.8. The lowest BCUT2D eigenvalue weighted by molar-refractivity contribution is -0.0786. The molecule has 6 nitrogen and oxygen atoms in total. The molecule has 1 aliphatic heterocycles. The van der Waals surface area contributed by atoms with Gasteiger partial charge in [0.15, 0.2) is 10.9 Å². The molecule has 7 heteroatoms. The van der Waals surface area contributed by atoms with E-state index in [2.05, 4.69) is 0 Å². The van der Waals surface area contributed by atoms with E-state index in [1.807, 2.05) is 0 Å². The second-order valence-corrected chi connectivity index (χ2v) is 6.38. The zero-order chi connectivity index (χ0) is 15.9. The number of aryl methyl sites for hydroxylation is 1. The number of fused-ring (bicyclic) bond motifs is 1. The molecule has 1 saturated heterocycles. The third-order valence-electron chi connectivity index (χ3n) is 3.53. The first-order valence-corrected chi connectivity index (χ1v) is 7.87. The Morgan fingerprint density at radius 2 is 2.00 bits per heavy atom. The van der Waals surface area contributed by atoms with Gasteiger partial charge >= 0.3 is 0 Å². The minimum absolute atomic E-state index is 0.129. The van der Waals surface area contributed by atoms with Crippen molar-refractivity contribution in [3.8, 4) is 5.75 Å². The van der Waals surface area contributed by atoms with Crippen molar-refractivity contribution in [3.63, 3.8) is 0 Å². The van der Waals surface area contributed by atoms with Crippen LogP contribution < -0.4 is 10.2 Å². The molecule has 0 aliphatic carbocycles. The smallest absolute Gasteiger partial charge is 0.192 e. The maximum atomic E-state index is 11.8. The lowest BCUT2D eigenvalue weighted by Crippen LogP contribution is -2.50. The second kappa shape index (κ2) is 5.92. The van der Waals surface area contributed by atoms with Gasteiger partial charge in [0, 0.05) is 17.9 Å². The number of aliphatic hydroxyl groups is 3. The average Bonchev–Trinajstić information content (AvgIpc) is 2.47. The topological polar surface area (TPSA) is 100 Å². The number of thioether (sulfide) groups is 1. The fraction of sp³-hybridized carbons (Fsp3) is 0.400. The van der Waals surface area contributed by atoms with Gasteiger partial charge in [-0.15, -0.1) is 11.8 Å². The van der Waals surface area contributed by atoms with E-state index in [0.717, 1.165) is 0 Å². The van der Waals surface area contributed by atoms with E-state index in [4.69, 9.17) is 9.15 Å². The van der Waals surface area contributed by atoms with Crippen molar-refractivity contribution in [1.82, 2.24) is 0 Å². The van der Waals surface area contributed by atoms with Crippen LogP contribution in [0.5, 0.6) is 5.75 Å². The lowest BCUT2D eigenvalue weighted by atomic mass is 10.1. The summed E-state index contributed by atoms with van der Waals surface area (Å²) < 4.78 is 11.2. The van der Waals surface area contributed by atoms with Crippen molar-refractivity contribution in [2.45, 2.75) is 30.7 Å². The third-order valence-corrected chi connectivity index (χ3v) is 4.77. The largest absolute Gasteiger partial charge is 0.477 e. The van der Waals surface area contributed by atoms with Gasteiger partial charge in [-0.05, 0) is 19.1 Å². The molecule has 3 rings (SSSR count). The number of aliphatic hydroxyl groups excluding tert-OH is 3. The van der Waals surface area contributed by atoms with Gasteiger partial charge in [0.2, 0.25) is 0 Å². The van der Waals surface area contributed by atoms with Crippen molar-refractivity contribution in [3.05, 3.63) is 40.2 Å². The van der Waals surface area contributed by atoms with Gasteiger partial charge in [0.25, 0.3) is 0 Å². The standard InChI is InChI=1S/C15H16O6S/c1-7-4-10(16)9-3-2-8(5-12(9)20-7)21-15-14(19)13(18)11(17)6-22-15/h2-5,11,13-15,17-19H,6H2,1H3/t11-,13+,14-,15-/m1/s1. The fourth-order valence-electron chi connectivity index (χ4n) is 2.35. The summed E-state index contributed by atoms with van der Waals surface area (Å²) in [6.45, 7) is 1.69. The van der Waals surface area contributed by atoms with Crippen molar-refractivity contribution in [2.75, 3.05) is 5.75 Å². The van der Waals surface area contributed by atoms with Crippen molar-refractivity contribution < 1.29 is 24.5 Å². The molecule has 0 saturated carbocycles. The molecule has 118 valence electrons. The maximum absolute atomic E-state index is 11.8. The van der Waals surface area contributed by atoms with E-state index in [0.29, 0.717) is 22.5 Å². The van der Waals surface area contributed by atoms with Gasteiger partial charge < -0.3 is 24.5 Å². The summed E-state index contributed by atoms with van der Waals surface area (Å²) in [6.07, 6.45) is -3.42. The molecule has 1 aliphatic rings. The van der Waals surface area contributed by atoms with Gasteiger partial charge in [-0.3, -0.25) is 4.79 Å². The molecule has 1 aromatic heterocycles. The summed E-state index contributed by atoms with van der Waals surface area (Å²) >= 11 is 1.22. The summed E-state index contributed by atoms with van der Waals surface area (Å²) in [5, 5.41) is 29.6. The second-order valence-electron chi connectivity index (χ2n) is 5.25. The average molecular weight is 324 g/mol. The molecule has 0 spiro atoms. The van der Waals surface area contributed by atoms with Gasteiger partial charge in [-0.2, -0.15) is 0 Å². The first kappa shape index (κ1) is 15.4. The molecule has 0 bridgehead atoms. The first-order chi connectivity index (χ1) is 10.5. The van der Waals surface area contributed by atoms with E-state index in [9.17, 15) is 20.1 Å². The Balaban J connectivity index is 1.87. The summed E-state index contributed by atoms with van der Waals surface area (Å²) in [7, 11) is 0. The Kier molecular flexibility index (Phi) is 4.14. The Labute approximate surface area is 130 Å². The Hall–Kier alpha value is -1.54. The highest BCUT2D eigenvalue weighted by Crippen LogP contribution is 2.30. The highest BCUT2D eigenvalue weighted by molar-refractivity contribution is 7.99. The fourth-order valence-corrected chi connectivity index (χ4v) is 3.47. The van der Waals surface area contributed by atoms with Gasteiger partial charge in [0.05, 0.1) is 11.5 Å². The van der Waals surface area contributed by atoms with E-state index in [1.54, 1.807) is 25.1 Å². The molecule has 0 amide bonds. The van der Waals surface area contributed by atoms with Gasteiger partial charge in [0.1, 0.15) is 29.3 Å². The Morgan fingerprint density at radius 1 is 1.23 bits per heavy atom. The van der Waals surface area contributed by atoms with Crippen molar-refractivity contribution in [2.24, 2.45) is 0 Å². The zero-order valence-corrected chi connectivity index (χ0v) is 12.6. The molecule has 22 heavy (non-hydrogen) atoms. The minimum atomic E-state index is -1.24. The van der Waals surface area contributed by atoms with Crippen LogP contribution in [0.2, 0.25) is 0 Å². The van der Waals surface area contributed by atoms with E-state index in [1.165, 1.54) is 17.8 Å². The molecule has 2 heterocycles. The van der Waals surface area contributed by atoms with E-state index in [-0.39, 0.29) is 11.2 Å². The number of rotatable bonds is 2. The van der Waals surface area contributed by atoms with Crippen LogP contribution in [0.25, 0.3) is 11.0 Å². The summed E-state index contributed by atoms with van der Waals surface area (Å²) in [5.74, 6) is 1.19. The first-order valence-electron chi connectivity index (χ1n) is 6.82. The molecule has 1 fully saturated rings. The van der Waals surface area contributed by atoms with Crippen LogP contribution >= 0.6 is 11.8 Å². The third kappa shape index (κ3) is 2.85. The molecular formula is C15H16O6S. The molecular weight excluding hydrogens is 308 g/mol. The molecule has 4 atom stereocenters. The number of hydrogen-bond acceptors (Lipinski definition) is 7. The number of benzene rings is 1. The summed E-state index contributed by atoms with van der Waals surface area (Å²) in [6, 6.07) is 6.20. The predicted molar refractivity (Wildman–Crippen MR) is 82.1 cm³/mol.